The van der Waals surface area contributed by atoms with E-state index in [4.69, 9.17) is 15.2 Å². The van der Waals surface area contributed by atoms with Gasteiger partial charge < -0.3 is 29.8 Å². The normalized spacial score (nSPS) is 20.7. The number of aromatic nitrogens is 1. The van der Waals surface area contributed by atoms with Gasteiger partial charge in [0.05, 0.1) is 23.5 Å². The summed E-state index contributed by atoms with van der Waals surface area (Å²) < 4.78 is 28.7. The number of ether oxygens (including phenoxy) is 2. The fraction of sp³-hybridized carbons (Fsp3) is 0.370. The van der Waals surface area contributed by atoms with Crippen LogP contribution in [0.4, 0.5) is 20.6 Å². The SMILES string of the molecule is CC1COc2c(N3CCCc4cc(N5C[C@H](CN)OC5=O)ccc4C3)c(F)cc3c(=O)c(C(=O)O)cn1c23. The summed E-state index contributed by atoms with van der Waals surface area (Å²) in [5, 5.41) is 9.51. The molecule has 2 aromatic carbocycles. The second-order valence-electron chi connectivity index (χ2n) is 10.0. The maximum absolute atomic E-state index is 15.7. The predicted octanol–water partition coefficient (Wildman–Crippen LogP) is 3.03. The number of carbonyl (C=O) groups is 2. The molecule has 0 aliphatic carbocycles. The second-order valence-corrected chi connectivity index (χ2v) is 10.0. The summed E-state index contributed by atoms with van der Waals surface area (Å²) in [6.45, 7) is 3.66. The highest BCUT2D eigenvalue weighted by Gasteiger charge is 2.33. The van der Waals surface area contributed by atoms with Gasteiger partial charge in [0.2, 0.25) is 5.43 Å². The Hall–Kier alpha value is -4.12. The molecule has 0 saturated carbocycles. The van der Waals surface area contributed by atoms with Gasteiger partial charge in [-0.25, -0.2) is 14.0 Å². The van der Waals surface area contributed by atoms with Gasteiger partial charge >= 0.3 is 12.1 Å². The predicted molar refractivity (Wildman–Crippen MR) is 138 cm³/mol. The minimum absolute atomic E-state index is 0.0131. The third kappa shape index (κ3) is 3.76. The third-order valence-electron chi connectivity index (χ3n) is 7.56. The van der Waals surface area contributed by atoms with E-state index < -0.39 is 28.9 Å². The number of aromatic carboxylic acids is 1. The average Bonchev–Trinajstić information content (AvgIpc) is 3.14. The number of benzene rings is 2. The van der Waals surface area contributed by atoms with Crippen molar-refractivity contribution in [1.29, 1.82) is 0 Å². The molecule has 6 rings (SSSR count). The monoisotopic (exact) mass is 522 g/mol. The van der Waals surface area contributed by atoms with Crippen LogP contribution in [0.3, 0.4) is 0 Å². The first-order chi connectivity index (χ1) is 18.3. The van der Waals surface area contributed by atoms with E-state index in [0.29, 0.717) is 25.2 Å². The standard InChI is InChI=1S/C27H27FN4O6/c1-14-13-37-25-22-19(24(33)20(26(34)35)12-31(14)22)8-21(28)23(25)30-6-2-3-15-7-17(5-4-16(15)10-30)32-11-18(9-29)38-27(32)36/h4-5,7-8,12,14,18H,2-3,6,9-11,13,29H2,1H3,(H,34,35)/t14?,18-/m0/s1. The van der Waals surface area contributed by atoms with Crippen LogP contribution >= 0.6 is 0 Å². The van der Waals surface area contributed by atoms with Crippen molar-refractivity contribution in [3.63, 3.8) is 0 Å². The molecule has 1 fully saturated rings. The van der Waals surface area contributed by atoms with E-state index in [1.54, 1.807) is 9.47 Å². The molecular formula is C27H27FN4O6. The lowest BCUT2D eigenvalue weighted by atomic mass is 10.0. The average molecular weight is 523 g/mol. The molecule has 0 spiro atoms. The summed E-state index contributed by atoms with van der Waals surface area (Å²) in [7, 11) is 0. The van der Waals surface area contributed by atoms with Crippen LogP contribution in [-0.4, -0.2) is 54.1 Å². The van der Waals surface area contributed by atoms with Gasteiger partial charge in [0, 0.05) is 31.5 Å². The zero-order valence-electron chi connectivity index (χ0n) is 20.8. The molecular weight excluding hydrogens is 495 g/mol. The molecule has 3 N–H and O–H groups in total. The van der Waals surface area contributed by atoms with Gasteiger partial charge in [-0.3, -0.25) is 9.69 Å². The maximum atomic E-state index is 15.7. The summed E-state index contributed by atoms with van der Waals surface area (Å²) in [6, 6.07) is 6.66. The third-order valence-corrected chi connectivity index (χ3v) is 7.56. The number of amides is 1. The number of halogens is 1. The number of pyridine rings is 1. The fourth-order valence-electron chi connectivity index (χ4n) is 5.62. The van der Waals surface area contributed by atoms with Crippen LogP contribution < -0.4 is 25.7 Å². The van der Waals surface area contributed by atoms with E-state index in [1.807, 2.05) is 30.0 Å². The number of nitrogens with zero attached hydrogens (tertiary/aromatic N) is 3. The number of anilines is 2. The Balaban J connectivity index is 1.41. The van der Waals surface area contributed by atoms with Crippen molar-refractivity contribution in [3.8, 4) is 5.75 Å². The van der Waals surface area contributed by atoms with Crippen molar-refractivity contribution in [1.82, 2.24) is 4.57 Å². The molecule has 1 saturated heterocycles. The van der Waals surface area contributed by atoms with Gasteiger partial charge in [-0.05, 0) is 49.1 Å². The molecule has 38 heavy (non-hydrogen) atoms. The van der Waals surface area contributed by atoms with Gasteiger partial charge in [-0.1, -0.05) is 6.07 Å². The number of nitrogens with two attached hydrogens (primary N) is 1. The number of cyclic esters (lactones) is 1. The number of rotatable bonds is 4. The van der Waals surface area contributed by atoms with Crippen LogP contribution in [0.2, 0.25) is 0 Å². The molecule has 10 nitrogen and oxygen atoms in total. The number of fused-ring (bicyclic) bond motifs is 1. The number of hydrogen-bond donors (Lipinski definition) is 2. The number of carboxylic acids is 1. The molecule has 198 valence electrons. The van der Waals surface area contributed by atoms with Crippen molar-refractivity contribution in [2.75, 3.05) is 36.0 Å². The Kier molecular flexibility index (Phi) is 5.75. The summed E-state index contributed by atoms with van der Waals surface area (Å²) >= 11 is 0. The number of aryl methyl sites for hydroxylation is 1. The minimum Gasteiger partial charge on any atom is -0.487 e. The summed E-state index contributed by atoms with van der Waals surface area (Å²) in [5.74, 6) is -1.74. The quantitative estimate of drug-likeness (QED) is 0.535. The first-order valence-electron chi connectivity index (χ1n) is 12.6. The van der Waals surface area contributed by atoms with Gasteiger partial charge in [0.15, 0.2) is 11.6 Å². The van der Waals surface area contributed by atoms with Crippen molar-refractivity contribution in [3.05, 3.63) is 63.2 Å². The first-order valence-corrected chi connectivity index (χ1v) is 12.6. The van der Waals surface area contributed by atoms with Crippen LogP contribution in [0.25, 0.3) is 10.9 Å². The molecule has 0 radical (unpaired) electrons. The fourth-order valence-corrected chi connectivity index (χ4v) is 5.62. The Morgan fingerprint density at radius 2 is 2.05 bits per heavy atom. The molecule has 1 aromatic heterocycles. The van der Waals surface area contributed by atoms with Gasteiger partial charge in [0.25, 0.3) is 0 Å². The van der Waals surface area contributed by atoms with Crippen molar-refractivity contribution in [2.45, 2.75) is 38.5 Å². The highest BCUT2D eigenvalue weighted by atomic mass is 19.1. The number of carbonyl (C=O) groups excluding carboxylic acids is 1. The van der Waals surface area contributed by atoms with Crippen LogP contribution in [0, 0.1) is 5.82 Å². The highest BCUT2D eigenvalue weighted by molar-refractivity contribution is 5.97. The van der Waals surface area contributed by atoms with E-state index >= 15 is 4.39 Å². The van der Waals surface area contributed by atoms with E-state index in [1.165, 1.54) is 6.20 Å². The Bertz CT molecular complexity index is 1550. The molecule has 0 bridgehead atoms. The van der Waals surface area contributed by atoms with Crippen LogP contribution in [-0.2, 0) is 17.7 Å². The molecule has 11 heteroatoms. The summed E-state index contributed by atoms with van der Waals surface area (Å²) in [4.78, 5) is 40.4. The Morgan fingerprint density at radius 3 is 2.79 bits per heavy atom. The van der Waals surface area contributed by atoms with Crippen LogP contribution in [0.5, 0.6) is 5.75 Å². The topological polar surface area (TPSA) is 127 Å². The lowest BCUT2D eigenvalue weighted by molar-refractivity contribution is 0.0694. The van der Waals surface area contributed by atoms with Crippen LogP contribution in [0.15, 0.2) is 35.3 Å². The van der Waals surface area contributed by atoms with E-state index in [9.17, 15) is 19.5 Å². The summed E-state index contributed by atoms with van der Waals surface area (Å²) in [6.07, 6.45) is 2.03. The minimum atomic E-state index is -1.35. The molecule has 1 amide bonds. The van der Waals surface area contributed by atoms with Gasteiger partial charge in [-0.15, -0.1) is 0 Å². The smallest absolute Gasteiger partial charge is 0.414 e. The zero-order valence-corrected chi connectivity index (χ0v) is 20.8. The first kappa shape index (κ1) is 24.2. The molecule has 4 heterocycles. The highest BCUT2D eigenvalue weighted by Crippen LogP contribution is 2.43. The molecule has 2 atom stereocenters. The maximum Gasteiger partial charge on any atom is 0.414 e. The van der Waals surface area contributed by atoms with Crippen molar-refractivity contribution >= 4 is 34.3 Å². The largest absolute Gasteiger partial charge is 0.487 e. The second kappa shape index (κ2) is 9.02. The van der Waals surface area contributed by atoms with E-state index in [0.717, 1.165) is 35.7 Å². The Morgan fingerprint density at radius 1 is 1.24 bits per heavy atom. The number of hydrogen-bond acceptors (Lipinski definition) is 7. The summed E-state index contributed by atoms with van der Waals surface area (Å²) in [5.41, 5.74) is 7.97. The molecule has 1 unspecified atom stereocenters. The zero-order chi connectivity index (χ0) is 26.7. The van der Waals surface area contributed by atoms with E-state index in [-0.39, 0.29) is 42.1 Å². The van der Waals surface area contributed by atoms with Gasteiger partial charge in [0.1, 0.15) is 24.0 Å². The van der Waals surface area contributed by atoms with Crippen molar-refractivity contribution in [2.24, 2.45) is 5.73 Å². The molecule has 3 aliphatic rings. The molecule has 3 aromatic rings. The van der Waals surface area contributed by atoms with Gasteiger partial charge in [-0.2, -0.15) is 0 Å². The van der Waals surface area contributed by atoms with Crippen LogP contribution in [0.1, 0.15) is 40.9 Å². The molecule has 3 aliphatic heterocycles. The van der Waals surface area contributed by atoms with E-state index in [2.05, 4.69) is 0 Å². The Labute approximate surface area is 216 Å². The lowest BCUT2D eigenvalue weighted by Gasteiger charge is -2.32. The number of carboxylic acid groups (broad SMARTS) is 1. The van der Waals surface area contributed by atoms with Crippen molar-refractivity contribution < 1.29 is 28.6 Å². The lowest BCUT2D eigenvalue weighted by Crippen LogP contribution is -2.30.